The first-order valence-corrected chi connectivity index (χ1v) is 10.9. The van der Waals surface area contributed by atoms with Gasteiger partial charge < -0.3 is 42.6 Å². The SMILES string of the molecule is C1OC1CC1COC(CC2CO2)(OC2(CC3CO3)COC(CC3CO3)CO2)CO1. The molecular formula is C20H30O9. The highest BCUT2D eigenvalue weighted by Crippen LogP contribution is 2.40. The van der Waals surface area contributed by atoms with Crippen molar-refractivity contribution < 1.29 is 42.6 Å². The summed E-state index contributed by atoms with van der Waals surface area (Å²) >= 11 is 0. The Morgan fingerprint density at radius 2 is 0.897 bits per heavy atom. The van der Waals surface area contributed by atoms with Crippen LogP contribution in [0.4, 0.5) is 0 Å². The van der Waals surface area contributed by atoms with Crippen LogP contribution < -0.4 is 0 Å². The summed E-state index contributed by atoms with van der Waals surface area (Å²) < 4.78 is 53.1. The molecule has 0 aliphatic carbocycles. The normalized spacial score (nSPS) is 50.9. The van der Waals surface area contributed by atoms with E-state index in [9.17, 15) is 0 Å². The maximum Gasteiger partial charge on any atom is 0.197 e. The van der Waals surface area contributed by atoms with Crippen molar-refractivity contribution in [2.75, 3.05) is 52.9 Å². The molecule has 6 aliphatic heterocycles. The third-order valence-corrected chi connectivity index (χ3v) is 6.25. The zero-order valence-corrected chi connectivity index (χ0v) is 16.6. The van der Waals surface area contributed by atoms with Gasteiger partial charge in [-0.25, -0.2) is 0 Å². The molecule has 9 heteroatoms. The fourth-order valence-corrected chi connectivity index (χ4v) is 4.27. The van der Waals surface area contributed by atoms with Crippen LogP contribution in [0, 0.1) is 0 Å². The monoisotopic (exact) mass is 414 g/mol. The number of hydrogen-bond acceptors (Lipinski definition) is 9. The minimum absolute atomic E-state index is 0.0357. The summed E-state index contributed by atoms with van der Waals surface area (Å²) in [7, 11) is 0. The predicted molar refractivity (Wildman–Crippen MR) is 95.4 cm³/mol. The minimum Gasteiger partial charge on any atom is -0.373 e. The lowest BCUT2D eigenvalue weighted by Crippen LogP contribution is -2.59. The lowest BCUT2D eigenvalue weighted by atomic mass is 10.1. The van der Waals surface area contributed by atoms with Gasteiger partial charge in [0.05, 0.1) is 76.3 Å². The molecule has 0 amide bonds. The molecule has 0 bridgehead atoms. The average Bonchev–Trinajstić information content (AvgIpc) is 3.52. The molecule has 6 aliphatic rings. The van der Waals surface area contributed by atoms with Gasteiger partial charge in [0.15, 0.2) is 11.6 Å². The van der Waals surface area contributed by atoms with E-state index >= 15 is 0 Å². The Hall–Kier alpha value is -0.360. The topological polar surface area (TPSA) is 96.3 Å². The largest absolute Gasteiger partial charge is 0.373 e. The van der Waals surface area contributed by atoms with Gasteiger partial charge in [-0.05, 0) is 0 Å². The van der Waals surface area contributed by atoms with Crippen LogP contribution in [0.2, 0.25) is 0 Å². The fraction of sp³-hybridized carbons (Fsp3) is 1.00. The molecule has 0 aromatic carbocycles. The number of ether oxygens (including phenoxy) is 9. The van der Waals surface area contributed by atoms with Crippen molar-refractivity contribution in [3.05, 3.63) is 0 Å². The Balaban J connectivity index is 1.12. The highest BCUT2D eigenvalue weighted by atomic mass is 16.8. The van der Waals surface area contributed by atoms with Gasteiger partial charge in [0.1, 0.15) is 13.2 Å². The summed E-state index contributed by atoms with van der Waals surface area (Å²) in [4.78, 5) is 0. The van der Waals surface area contributed by atoms with Crippen molar-refractivity contribution in [3.8, 4) is 0 Å². The van der Waals surface area contributed by atoms with Crippen LogP contribution in [0.3, 0.4) is 0 Å². The third-order valence-electron chi connectivity index (χ3n) is 6.25. The van der Waals surface area contributed by atoms with Crippen LogP contribution in [-0.4, -0.2) is 101 Å². The van der Waals surface area contributed by atoms with Gasteiger partial charge in [0.2, 0.25) is 0 Å². The zero-order valence-electron chi connectivity index (χ0n) is 16.6. The van der Waals surface area contributed by atoms with Gasteiger partial charge in [0.25, 0.3) is 0 Å². The maximum absolute atomic E-state index is 6.63. The minimum atomic E-state index is -0.896. The smallest absolute Gasteiger partial charge is 0.197 e. The van der Waals surface area contributed by atoms with Crippen molar-refractivity contribution in [3.63, 3.8) is 0 Å². The summed E-state index contributed by atoms with van der Waals surface area (Å²) in [6.45, 7) is 4.75. The first-order chi connectivity index (χ1) is 14.2. The molecule has 0 radical (unpaired) electrons. The molecule has 0 N–H and O–H groups in total. The van der Waals surface area contributed by atoms with Gasteiger partial charge in [-0.3, -0.25) is 0 Å². The van der Waals surface area contributed by atoms with Gasteiger partial charge in [-0.15, -0.1) is 0 Å². The number of hydrogen-bond donors (Lipinski definition) is 0. The van der Waals surface area contributed by atoms with E-state index in [2.05, 4.69) is 0 Å². The summed E-state index contributed by atoms with van der Waals surface area (Å²) in [5, 5.41) is 0. The third kappa shape index (κ3) is 5.11. The predicted octanol–water partition coefficient (Wildman–Crippen LogP) is 0.382. The molecule has 0 aromatic heterocycles. The fourth-order valence-electron chi connectivity index (χ4n) is 4.27. The van der Waals surface area contributed by atoms with Crippen LogP contribution in [0.1, 0.15) is 25.7 Å². The van der Waals surface area contributed by atoms with Crippen molar-refractivity contribution in [2.45, 2.75) is 73.9 Å². The Bertz CT molecular complexity index is 519. The van der Waals surface area contributed by atoms with Gasteiger partial charge >= 0.3 is 0 Å². The molecule has 0 saturated carbocycles. The maximum atomic E-state index is 6.63. The lowest BCUT2D eigenvalue weighted by Gasteiger charge is -2.48. The molecule has 0 spiro atoms. The standard InChI is InChI=1S/C20H30O9/c1(13-5-21-13)15-9-27-19(11-25-15,3-17-7-23-17)29-20(4-18-8-24-18)12-26-16(10-28-20)2-14-6-22-14/h13-18H,1-12H2. The van der Waals surface area contributed by atoms with Crippen LogP contribution in [0.15, 0.2) is 0 Å². The first-order valence-electron chi connectivity index (χ1n) is 10.9. The van der Waals surface area contributed by atoms with Crippen molar-refractivity contribution in [1.82, 2.24) is 0 Å². The van der Waals surface area contributed by atoms with Crippen LogP contribution in [0.5, 0.6) is 0 Å². The molecule has 29 heavy (non-hydrogen) atoms. The molecule has 6 fully saturated rings. The zero-order chi connectivity index (χ0) is 19.3. The van der Waals surface area contributed by atoms with E-state index in [4.69, 9.17) is 42.6 Å². The molecular weight excluding hydrogens is 384 g/mol. The second kappa shape index (κ2) is 7.65. The summed E-state index contributed by atoms with van der Waals surface area (Å²) in [5.74, 6) is -1.79. The molecule has 0 aromatic rings. The Morgan fingerprint density at radius 3 is 1.21 bits per heavy atom. The van der Waals surface area contributed by atoms with E-state index in [-0.39, 0.29) is 24.4 Å². The summed E-state index contributed by atoms with van der Waals surface area (Å²) in [6, 6.07) is 0. The quantitative estimate of drug-likeness (QED) is 0.470. The van der Waals surface area contributed by atoms with Gasteiger partial charge in [0, 0.05) is 25.7 Å². The lowest BCUT2D eigenvalue weighted by molar-refractivity contribution is -0.419. The highest BCUT2D eigenvalue weighted by molar-refractivity contribution is 4.92. The Kier molecular flexibility index (Phi) is 5.10. The van der Waals surface area contributed by atoms with E-state index in [1.165, 1.54) is 0 Å². The highest BCUT2D eigenvalue weighted by Gasteiger charge is 2.53. The second-order valence-electron chi connectivity index (χ2n) is 9.11. The number of rotatable bonds is 10. The van der Waals surface area contributed by atoms with E-state index < -0.39 is 11.6 Å². The summed E-state index contributed by atoms with van der Waals surface area (Å²) in [6.07, 6.45) is 3.94. The Morgan fingerprint density at radius 1 is 0.517 bits per heavy atom. The van der Waals surface area contributed by atoms with Gasteiger partial charge in [-0.2, -0.15) is 0 Å². The van der Waals surface area contributed by atoms with Crippen LogP contribution in [0.25, 0.3) is 0 Å². The first kappa shape index (κ1) is 19.3. The van der Waals surface area contributed by atoms with E-state index in [0.717, 1.165) is 39.3 Å². The number of epoxide rings is 4. The molecule has 8 atom stereocenters. The molecule has 6 rings (SSSR count). The van der Waals surface area contributed by atoms with Crippen molar-refractivity contribution in [2.24, 2.45) is 0 Å². The van der Waals surface area contributed by atoms with Crippen molar-refractivity contribution >= 4 is 0 Å². The molecule has 9 nitrogen and oxygen atoms in total. The molecule has 8 unspecified atom stereocenters. The molecule has 6 heterocycles. The van der Waals surface area contributed by atoms with E-state index in [1.807, 2.05) is 0 Å². The van der Waals surface area contributed by atoms with Crippen LogP contribution in [-0.2, 0) is 42.6 Å². The average molecular weight is 414 g/mol. The van der Waals surface area contributed by atoms with E-state index in [0.29, 0.717) is 51.5 Å². The van der Waals surface area contributed by atoms with E-state index in [1.54, 1.807) is 0 Å². The van der Waals surface area contributed by atoms with Crippen molar-refractivity contribution in [1.29, 1.82) is 0 Å². The molecule has 164 valence electrons. The Labute approximate surface area is 170 Å². The molecule has 6 saturated heterocycles. The van der Waals surface area contributed by atoms with Gasteiger partial charge in [-0.1, -0.05) is 0 Å². The summed E-state index contributed by atoms with van der Waals surface area (Å²) in [5.41, 5.74) is 0. The van der Waals surface area contributed by atoms with Crippen LogP contribution >= 0.6 is 0 Å². The second-order valence-corrected chi connectivity index (χ2v) is 9.11.